The zero-order valence-corrected chi connectivity index (χ0v) is 63.1. The Morgan fingerprint density at radius 2 is 0.752 bits per heavy atom. The Hall–Kier alpha value is -9.17. The van der Waals surface area contributed by atoms with E-state index >= 15 is 27.2 Å². The third-order valence-corrected chi connectivity index (χ3v) is 20.9. The number of carbonyl (C=O) groups is 5. The number of alkyl halides is 34. The molecule has 1 saturated carbocycles. The molecule has 1 aliphatic carbocycles. The maximum absolute atomic E-state index is 15.3. The molecule has 4 aromatic carbocycles. The smallest absolute Gasteiger partial charge is 0.460 e. The molecule has 12 nitrogen and oxygen atoms in total. The normalized spacial score (nSPS) is 19.2. The number of barbiturate groups is 1. The van der Waals surface area contributed by atoms with Crippen LogP contribution in [-0.2, 0) is 44.2 Å². The number of fused-ring (bicyclic) bond motifs is 6. The quantitative estimate of drug-likeness (QED) is 0.0202. The number of methoxy groups -OCH3 is 1. The largest absolute Gasteiger partial charge is 0.464 e. The number of unbranched alkanes of at least 4 members (excludes halogenated alkanes) is 1. The molecule has 0 aromatic heterocycles. The minimum absolute atomic E-state index is 0.0910. The van der Waals surface area contributed by atoms with Crippen LogP contribution in [0, 0.1) is 0 Å². The van der Waals surface area contributed by atoms with Crippen molar-refractivity contribution in [1.82, 2.24) is 9.80 Å². The number of amides is 4. The van der Waals surface area contributed by atoms with Crippen molar-refractivity contribution in [2.75, 3.05) is 56.4 Å². The van der Waals surface area contributed by atoms with Crippen LogP contribution in [0.1, 0.15) is 104 Å². The molecule has 1 unspecified atom stereocenters. The van der Waals surface area contributed by atoms with Gasteiger partial charge in [-0.2, -0.15) is 149 Å². The third-order valence-electron chi connectivity index (χ3n) is 20.9. The number of hydrogen-bond donors (Lipinski definition) is 0. The maximum atomic E-state index is 15.3. The monoisotopic (exact) mass is 1800 g/mol. The van der Waals surface area contributed by atoms with Crippen LogP contribution < -0.4 is 9.80 Å². The van der Waals surface area contributed by atoms with Gasteiger partial charge >= 0.3 is 113 Å². The fourth-order valence-electron chi connectivity index (χ4n) is 14.2. The van der Waals surface area contributed by atoms with E-state index in [4.69, 9.17) is 14.2 Å². The average molecular weight is 1800 g/mol. The molecule has 2 fully saturated rings. The summed E-state index contributed by atoms with van der Waals surface area (Å²) in [4.78, 5) is 75.2. The van der Waals surface area contributed by atoms with Crippen molar-refractivity contribution < 1.29 is 187 Å². The number of hydrogen-bond acceptors (Lipinski definition) is 10. The van der Waals surface area contributed by atoms with Crippen molar-refractivity contribution in [3.63, 3.8) is 0 Å². The first-order valence-electron chi connectivity index (χ1n) is 35.5. The third kappa shape index (κ3) is 15.5. The number of carbonyl (C=O) groups excluding carboxylic acids is 5. The van der Waals surface area contributed by atoms with Crippen molar-refractivity contribution in [1.29, 1.82) is 0 Å². The summed E-state index contributed by atoms with van der Waals surface area (Å²) >= 11 is 0. The van der Waals surface area contributed by atoms with E-state index in [0.717, 1.165) is 9.80 Å². The van der Waals surface area contributed by atoms with Gasteiger partial charge in [0.1, 0.15) is 18.8 Å². The Morgan fingerprint density at radius 3 is 1.08 bits per heavy atom. The van der Waals surface area contributed by atoms with Crippen molar-refractivity contribution in [2.24, 2.45) is 0 Å². The number of nitrogens with zero attached hydrogens (tertiary/aromatic N) is 4. The fourth-order valence-corrected chi connectivity index (χ4v) is 14.2. The summed E-state index contributed by atoms with van der Waals surface area (Å²) in [5, 5.41) is 2.16. The summed E-state index contributed by atoms with van der Waals surface area (Å²) in [7, 11) is 1.21. The molecular weight excluding hydrogens is 1730 g/mol. The van der Waals surface area contributed by atoms with E-state index in [9.17, 15) is 146 Å². The first kappa shape index (κ1) is 97.3. The number of esters is 2. The predicted molar refractivity (Wildman–Crippen MR) is 359 cm³/mol. The number of ether oxygens (including phenoxy) is 3. The molecule has 0 spiro atoms. The second kappa shape index (κ2) is 32.2. The van der Waals surface area contributed by atoms with Gasteiger partial charge in [0.25, 0.3) is 11.8 Å². The Bertz CT molecular complexity index is 4570. The van der Waals surface area contributed by atoms with Gasteiger partial charge in [0.15, 0.2) is 0 Å². The van der Waals surface area contributed by atoms with E-state index < -0.39 is 199 Å². The molecule has 0 N–H and O–H groups in total. The molecule has 0 radical (unpaired) electrons. The summed E-state index contributed by atoms with van der Waals surface area (Å²) in [6, 6.07) is 16.9. The minimum atomic E-state index is -8.91. The van der Waals surface area contributed by atoms with Crippen LogP contribution in [0.25, 0.3) is 21.5 Å². The second-order valence-corrected chi connectivity index (χ2v) is 29.5. The minimum Gasteiger partial charge on any atom is -0.464 e. The van der Waals surface area contributed by atoms with Crippen LogP contribution in [0.15, 0.2) is 131 Å². The number of rotatable bonds is 32. The van der Waals surface area contributed by atoms with Crippen LogP contribution in [0.3, 0.4) is 0 Å². The summed E-state index contributed by atoms with van der Waals surface area (Å²) in [6.45, 7) is 5.41. The SMILES string of the molecule is CCCCN1C(=O)C(=C2C(=CC=C3N(CCOC(=O)CCC(F)(F)C(F)(F)C(F)(F)C(F)(F)C(F)(F)C(F)(F)C(F)(F)C(F)(F)F)c4ccc5ccccc5c4C3(C)C)CCC2=CC=C2N(CCOC(=O)CCC(F)(F)C(F)(F)C(F)(F)C(F)(F)C(F)(F)C(F)(F)C(F)(F)C(F)(F)F)c3ccc4ccccc4c3C2(C)C)C(=O)N(C(C)COC)C1=O. The highest BCUT2D eigenvalue weighted by Crippen LogP contribution is 2.67. The van der Waals surface area contributed by atoms with E-state index in [1.807, 2.05) is 0 Å². The molecule has 121 heavy (non-hydrogen) atoms. The average Bonchev–Trinajstić information content (AvgIpc) is 1.68. The number of benzene rings is 4. The van der Waals surface area contributed by atoms with Crippen molar-refractivity contribution in [3.05, 3.63) is 142 Å². The van der Waals surface area contributed by atoms with Gasteiger partial charge in [-0.05, 0) is 99.9 Å². The van der Waals surface area contributed by atoms with Gasteiger partial charge in [-0.3, -0.25) is 29.0 Å². The number of imide groups is 2. The van der Waals surface area contributed by atoms with Crippen molar-refractivity contribution in [2.45, 2.75) is 205 Å². The number of allylic oxidation sites excluding steroid dienone is 9. The van der Waals surface area contributed by atoms with Gasteiger partial charge in [0.05, 0.1) is 38.6 Å². The lowest BCUT2D eigenvalue weighted by atomic mass is 9.81. The Labute approximate surface area is 661 Å². The van der Waals surface area contributed by atoms with Crippen LogP contribution >= 0.6 is 0 Å². The number of urea groups is 1. The van der Waals surface area contributed by atoms with Crippen molar-refractivity contribution in [3.8, 4) is 0 Å². The van der Waals surface area contributed by atoms with Gasteiger partial charge in [0, 0.05) is 60.1 Å². The lowest BCUT2D eigenvalue weighted by molar-refractivity contribution is -0.461. The van der Waals surface area contributed by atoms with Crippen LogP contribution in [0.2, 0.25) is 0 Å². The number of halogens is 34. The standard InChI is InChI=1S/C75H66F34N4O8/c1-8-9-32-112-55(116)52(56(117)113(57(112)118)38(2)37-119-7)51-41(22-26-47-58(3,4)53-43-16-12-10-14-39(43)20-24-45(53)110(47)33-35-120-49(114)28-30-60(76,77)62(80,81)64(84,85)66(88,89)68(92,93)70(96,97)72(100,101)74(104,105)106)18-19-42(51)23-27-48-59(5,6)54-44-17-13-11-15-40(44)21-25-46(54)111(48)34-36-121-50(115)29-31-61(78,79)63(82,83)65(86,87)67(90,91)69(94,95)71(98,99)73(102,103)75(107,108)109/h10-17,20-27,38H,8-9,18-19,28-37H2,1-7H3. The van der Waals surface area contributed by atoms with Crippen molar-refractivity contribution >= 4 is 62.7 Å². The first-order valence-corrected chi connectivity index (χ1v) is 35.5. The van der Waals surface area contributed by atoms with Gasteiger partial charge in [-0.25, -0.2) is 4.79 Å². The van der Waals surface area contributed by atoms with Gasteiger partial charge in [-0.15, -0.1) is 0 Å². The molecule has 1 saturated heterocycles. The highest BCUT2D eigenvalue weighted by atomic mass is 19.4. The van der Waals surface area contributed by atoms with Gasteiger partial charge in [0.2, 0.25) is 0 Å². The molecule has 3 heterocycles. The van der Waals surface area contributed by atoms with E-state index in [1.54, 1.807) is 95.3 Å². The molecule has 46 heteroatoms. The lowest BCUT2D eigenvalue weighted by Gasteiger charge is -2.42. The zero-order valence-electron chi connectivity index (χ0n) is 63.1. The Kier molecular flexibility index (Phi) is 25.9. The van der Waals surface area contributed by atoms with E-state index in [2.05, 4.69) is 0 Å². The summed E-state index contributed by atoms with van der Waals surface area (Å²) < 4.78 is 494. The summed E-state index contributed by atoms with van der Waals surface area (Å²) in [6.07, 6.45) is -21.1. The molecule has 0 bridgehead atoms. The topological polar surface area (TPSA) is 126 Å². The molecule has 4 aromatic rings. The molecular formula is C75H66F34N4O8. The van der Waals surface area contributed by atoms with E-state index in [0.29, 0.717) is 39.1 Å². The molecule has 4 amide bonds. The second-order valence-electron chi connectivity index (χ2n) is 29.5. The van der Waals surface area contributed by atoms with Crippen LogP contribution in [0.5, 0.6) is 0 Å². The van der Waals surface area contributed by atoms with Crippen LogP contribution in [0.4, 0.5) is 165 Å². The summed E-state index contributed by atoms with van der Waals surface area (Å²) in [5.41, 5.74) is -1.59. The molecule has 8 rings (SSSR count). The van der Waals surface area contributed by atoms with Crippen LogP contribution in [-0.4, -0.2) is 187 Å². The van der Waals surface area contributed by atoms with Gasteiger partial charge in [-0.1, -0.05) is 114 Å². The predicted octanol–water partition coefficient (Wildman–Crippen LogP) is 21.9. The fraction of sp³-hybridized carbons (Fsp3) is 0.533. The molecule has 1 atom stereocenters. The van der Waals surface area contributed by atoms with Gasteiger partial charge < -0.3 is 24.0 Å². The maximum Gasteiger partial charge on any atom is 0.460 e. The Morgan fingerprint density at radius 1 is 0.421 bits per heavy atom. The molecule has 672 valence electrons. The molecule has 3 aliphatic heterocycles. The van der Waals surface area contributed by atoms with E-state index in [1.165, 1.54) is 60.3 Å². The first-order chi connectivity index (χ1) is 54.9. The highest BCUT2D eigenvalue weighted by molar-refractivity contribution is 6.30. The Balaban J connectivity index is 1.17. The summed E-state index contributed by atoms with van der Waals surface area (Å²) in [5.74, 6) is -124. The number of anilines is 2. The lowest BCUT2D eigenvalue weighted by Crippen LogP contribution is -2.74. The molecule has 4 aliphatic rings. The zero-order chi connectivity index (χ0) is 92.2. The highest BCUT2D eigenvalue weighted by Gasteiger charge is 2.97. The van der Waals surface area contributed by atoms with E-state index in [-0.39, 0.29) is 71.9 Å².